The van der Waals surface area contributed by atoms with Crippen molar-refractivity contribution in [3.63, 3.8) is 0 Å². The Morgan fingerprint density at radius 3 is 2.33 bits per heavy atom. The van der Waals surface area contributed by atoms with E-state index < -0.39 is 17.8 Å². The molecule has 0 amide bonds. The average Bonchev–Trinajstić information content (AvgIpc) is 2.26. The Morgan fingerprint density at radius 2 is 1.89 bits per heavy atom. The summed E-state index contributed by atoms with van der Waals surface area (Å²) >= 11 is 0. The van der Waals surface area contributed by atoms with Crippen molar-refractivity contribution >= 4 is 0 Å². The first kappa shape index (κ1) is 13.3. The molecule has 2 N–H and O–H groups in total. The van der Waals surface area contributed by atoms with Crippen LogP contribution >= 0.6 is 0 Å². The first-order valence-corrected chi connectivity index (χ1v) is 5.63. The molecule has 1 saturated heterocycles. The van der Waals surface area contributed by atoms with Crippen LogP contribution in [0.1, 0.15) is 17.2 Å². The molecule has 0 radical (unpaired) electrons. The lowest BCUT2D eigenvalue weighted by Gasteiger charge is -2.28. The van der Waals surface area contributed by atoms with Gasteiger partial charge in [-0.25, -0.2) is 0 Å². The predicted molar refractivity (Wildman–Crippen MR) is 59.0 cm³/mol. The number of aliphatic hydroxyl groups is 1. The van der Waals surface area contributed by atoms with Gasteiger partial charge in [-0.1, -0.05) is 12.1 Å². The van der Waals surface area contributed by atoms with Gasteiger partial charge < -0.3 is 15.2 Å². The minimum Gasteiger partial charge on any atom is -0.387 e. The highest BCUT2D eigenvalue weighted by molar-refractivity contribution is 5.26. The van der Waals surface area contributed by atoms with E-state index >= 15 is 0 Å². The van der Waals surface area contributed by atoms with Crippen LogP contribution in [0.3, 0.4) is 0 Å². The zero-order valence-electron chi connectivity index (χ0n) is 9.57. The Labute approximate surface area is 103 Å². The fraction of sp³-hybridized carbons (Fsp3) is 0.500. The van der Waals surface area contributed by atoms with Gasteiger partial charge in [-0.15, -0.1) is 0 Å². The summed E-state index contributed by atoms with van der Waals surface area (Å²) in [7, 11) is 0. The second-order valence-electron chi connectivity index (χ2n) is 4.28. The van der Waals surface area contributed by atoms with Crippen molar-refractivity contribution in [2.75, 3.05) is 19.8 Å². The normalized spacial score (nSPS) is 18.4. The molecule has 0 bridgehead atoms. The Morgan fingerprint density at radius 1 is 1.28 bits per heavy atom. The quantitative estimate of drug-likeness (QED) is 0.867. The molecule has 1 heterocycles. The molecule has 6 heteroatoms. The molecule has 2 rings (SSSR count). The van der Waals surface area contributed by atoms with E-state index in [0.29, 0.717) is 25.3 Å². The largest absolute Gasteiger partial charge is 0.416 e. The van der Waals surface area contributed by atoms with E-state index in [4.69, 9.17) is 4.74 Å². The lowest BCUT2D eigenvalue weighted by molar-refractivity contribution is -0.137. The fourth-order valence-corrected chi connectivity index (χ4v) is 1.64. The van der Waals surface area contributed by atoms with Gasteiger partial charge in [-0.05, 0) is 17.7 Å². The lowest BCUT2D eigenvalue weighted by Crippen LogP contribution is -2.47. The fourth-order valence-electron chi connectivity index (χ4n) is 1.64. The number of rotatable bonds is 4. The SMILES string of the molecule is OC(CNC1COC1)c1ccc(C(F)(F)F)cc1. The van der Waals surface area contributed by atoms with Crippen molar-refractivity contribution in [1.29, 1.82) is 0 Å². The summed E-state index contributed by atoms with van der Waals surface area (Å²) in [5.41, 5.74) is -0.241. The van der Waals surface area contributed by atoms with Crippen molar-refractivity contribution in [1.82, 2.24) is 5.32 Å². The number of aliphatic hydroxyl groups excluding tert-OH is 1. The molecule has 1 unspecified atom stereocenters. The van der Waals surface area contributed by atoms with Crippen LogP contribution in [0.15, 0.2) is 24.3 Å². The second kappa shape index (κ2) is 5.26. The summed E-state index contributed by atoms with van der Waals surface area (Å²) in [5, 5.41) is 12.9. The molecular formula is C12H14F3NO2. The molecule has 1 aliphatic rings. The van der Waals surface area contributed by atoms with Gasteiger partial charge in [-0.3, -0.25) is 0 Å². The van der Waals surface area contributed by atoms with Gasteiger partial charge in [0.25, 0.3) is 0 Å². The highest BCUT2D eigenvalue weighted by atomic mass is 19.4. The van der Waals surface area contributed by atoms with Crippen molar-refractivity contribution in [2.24, 2.45) is 0 Å². The lowest BCUT2D eigenvalue weighted by atomic mass is 10.1. The van der Waals surface area contributed by atoms with Crippen molar-refractivity contribution in [3.05, 3.63) is 35.4 Å². The van der Waals surface area contributed by atoms with Gasteiger partial charge >= 0.3 is 6.18 Å². The van der Waals surface area contributed by atoms with Crippen LogP contribution < -0.4 is 5.32 Å². The first-order chi connectivity index (χ1) is 8.47. The molecule has 3 nitrogen and oxygen atoms in total. The Kier molecular flexibility index (Phi) is 3.89. The van der Waals surface area contributed by atoms with Gasteiger partial charge in [0.1, 0.15) is 0 Å². The highest BCUT2D eigenvalue weighted by Gasteiger charge is 2.30. The van der Waals surface area contributed by atoms with Crippen LogP contribution in [0.25, 0.3) is 0 Å². The van der Waals surface area contributed by atoms with E-state index in [1.165, 1.54) is 12.1 Å². The minimum atomic E-state index is -4.34. The monoisotopic (exact) mass is 261 g/mol. The zero-order valence-corrected chi connectivity index (χ0v) is 9.57. The van der Waals surface area contributed by atoms with Gasteiger partial charge in [0.2, 0.25) is 0 Å². The number of ether oxygens (including phenoxy) is 1. The number of benzene rings is 1. The number of halogens is 3. The van der Waals surface area contributed by atoms with Crippen molar-refractivity contribution in [2.45, 2.75) is 18.3 Å². The molecule has 0 aliphatic carbocycles. The highest BCUT2D eigenvalue weighted by Crippen LogP contribution is 2.29. The van der Waals surface area contributed by atoms with Crippen LogP contribution in [0.2, 0.25) is 0 Å². The third-order valence-electron chi connectivity index (χ3n) is 2.86. The molecule has 0 spiro atoms. The summed E-state index contributed by atoms with van der Waals surface area (Å²) in [6.45, 7) is 1.53. The summed E-state index contributed by atoms with van der Waals surface area (Å²) < 4.78 is 42.0. The second-order valence-corrected chi connectivity index (χ2v) is 4.28. The van der Waals surface area contributed by atoms with Crippen LogP contribution in [-0.4, -0.2) is 30.9 Å². The summed E-state index contributed by atoms with van der Waals surface area (Å²) in [5.74, 6) is 0. The summed E-state index contributed by atoms with van der Waals surface area (Å²) in [6, 6.07) is 4.78. The number of hydrogen-bond donors (Lipinski definition) is 2. The summed E-state index contributed by atoms with van der Waals surface area (Å²) in [6.07, 6.45) is -5.15. The number of nitrogens with one attached hydrogen (secondary N) is 1. The maximum absolute atomic E-state index is 12.3. The summed E-state index contributed by atoms with van der Waals surface area (Å²) in [4.78, 5) is 0. The van der Waals surface area contributed by atoms with Crippen molar-refractivity contribution in [3.8, 4) is 0 Å². The zero-order chi connectivity index (χ0) is 13.2. The van der Waals surface area contributed by atoms with E-state index in [0.717, 1.165) is 12.1 Å². The van der Waals surface area contributed by atoms with E-state index in [-0.39, 0.29) is 6.04 Å². The Hall–Kier alpha value is -1.11. The molecule has 18 heavy (non-hydrogen) atoms. The van der Waals surface area contributed by atoms with Gasteiger partial charge in [-0.2, -0.15) is 13.2 Å². The third kappa shape index (κ3) is 3.22. The molecule has 1 aromatic carbocycles. The van der Waals surface area contributed by atoms with Crippen molar-refractivity contribution < 1.29 is 23.0 Å². The average molecular weight is 261 g/mol. The first-order valence-electron chi connectivity index (χ1n) is 5.63. The molecule has 100 valence electrons. The Balaban J connectivity index is 1.91. The van der Waals surface area contributed by atoms with E-state index in [1.807, 2.05) is 0 Å². The van der Waals surface area contributed by atoms with E-state index in [2.05, 4.69) is 5.32 Å². The molecule has 1 atom stereocenters. The topological polar surface area (TPSA) is 41.5 Å². The van der Waals surface area contributed by atoms with Gasteiger partial charge in [0.15, 0.2) is 0 Å². The maximum Gasteiger partial charge on any atom is 0.416 e. The van der Waals surface area contributed by atoms with Crippen LogP contribution in [0.4, 0.5) is 13.2 Å². The maximum atomic E-state index is 12.3. The predicted octanol–water partition coefficient (Wildman–Crippen LogP) is 1.73. The molecule has 0 aromatic heterocycles. The molecular weight excluding hydrogens is 247 g/mol. The van der Waals surface area contributed by atoms with Crippen LogP contribution in [-0.2, 0) is 10.9 Å². The standard InChI is InChI=1S/C12H14F3NO2/c13-12(14,15)9-3-1-8(2-4-9)11(17)5-16-10-6-18-7-10/h1-4,10-11,16-17H,5-7H2. The van der Waals surface area contributed by atoms with E-state index in [9.17, 15) is 18.3 Å². The van der Waals surface area contributed by atoms with Gasteiger partial charge in [0.05, 0.1) is 30.9 Å². The Bertz CT molecular complexity index is 387. The minimum absolute atomic E-state index is 0.231. The number of alkyl halides is 3. The van der Waals surface area contributed by atoms with Crippen LogP contribution in [0.5, 0.6) is 0 Å². The number of hydrogen-bond acceptors (Lipinski definition) is 3. The molecule has 1 aromatic rings. The molecule has 1 aliphatic heterocycles. The van der Waals surface area contributed by atoms with E-state index in [1.54, 1.807) is 0 Å². The molecule has 1 fully saturated rings. The molecule has 0 saturated carbocycles. The van der Waals surface area contributed by atoms with Crippen LogP contribution in [0, 0.1) is 0 Å². The smallest absolute Gasteiger partial charge is 0.387 e. The third-order valence-corrected chi connectivity index (χ3v) is 2.86. The van der Waals surface area contributed by atoms with Gasteiger partial charge in [0, 0.05) is 6.54 Å².